The summed E-state index contributed by atoms with van der Waals surface area (Å²) in [5, 5.41) is 11.3. The number of hydrogen-bond donors (Lipinski definition) is 4. The van der Waals surface area contributed by atoms with E-state index in [4.69, 9.17) is 16.6 Å². The van der Waals surface area contributed by atoms with Crippen LogP contribution >= 0.6 is 0 Å². The highest BCUT2D eigenvalue weighted by molar-refractivity contribution is 7.84. The highest BCUT2D eigenvalue weighted by atomic mass is 32.2. The van der Waals surface area contributed by atoms with Crippen LogP contribution in [0, 0.1) is 11.8 Å². The number of carbonyl (C=O) groups is 3. The number of carboxylic acid groups (broad SMARTS) is 1. The third-order valence-electron chi connectivity index (χ3n) is 2.92. The fourth-order valence-corrected chi connectivity index (χ4v) is 2.14. The van der Waals surface area contributed by atoms with Crippen molar-refractivity contribution in [2.45, 2.75) is 52.6 Å². The molecule has 142 valence electrons. The van der Waals surface area contributed by atoms with Gasteiger partial charge in [-0.15, -0.1) is 0 Å². The Morgan fingerprint density at radius 3 is 1.96 bits per heavy atom. The first-order valence-corrected chi connectivity index (χ1v) is 9.48. The average molecular weight is 365 g/mol. The Labute approximate surface area is 146 Å². The standard InChI is InChI=1S/C10H19NO3.C5H12N2O2S/c1-6(2)5-8(12)11-9(7(3)4)10(13)14;1-10(9)3-2-4(6)5(7)8/h6-7,9H,5H2,1-4H3,(H,11,12)(H,13,14);4H,2-3,6H2,1H3,(H2,7,8)/t9-;4-,10?/m00/s1. The van der Waals surface area contributed by atoms with E-state index in [1.807, 2.05) is 13.8 Å². The van der Waals surface area contributed by atoms with E-state index in [1.54, 1.807) is 20.1 Å². The molecule has 2 amide bonds. The number of rotatable bonds is 9. The van der Waals surface area contributed by atoms with Gasteiger partial charge in [-0.05, 0) is 18.3 Å². The molecule has 0 rings (SSSR count). The number of amides is 2. The second-order valence-electron chi connectivity index (χ2n) is 6.30. The summed E-state index contributed by atoms with van der Waals surface area (Å²) in [5.41, 5.74) is 10.1. The maximum atomic E-state index is 11.3. The molecule has 0 aromatic heterocycles. The molecule has 0 saturated carbocycles. The number of primary amides is 1. The molecule has 0 bridgehead atoms. The summed E-state index contributed by atoms with van der Waals surface area (Å²) < 4.78 is 10.5. The van der Waals surface area contributed by atoms with Crippen molar-refractivity contribution >= 4 is 28.6 Å². The Balaban J connectivity index is 0. The minimum atomic E-state index is -0.975. The fraction of sp³-hybridized carbons (Fsp3) is 0.800. The maximum Gasteiger partial charge on any atom is 0.326 e. The zero-order valence-corrected chi connectivity index (χ0v) is 15.9. The van der Waals surface area contributed by atoms with E-state index in [0.29, 0.717) is 18.6 Å². The van der Waals surface area contributed by atoms with E-state index >= 15 is 0 Å². The molecular weight excluding hydrogens is 334 g/mol. The van der Waals surface area contributed by atoms with Crippen LogP contribution in [0.15, 0.2) is 0 Å². The first kappa shape index (κ1) is 24.8. The Hall–Kier alpha value is -1.48. The summed E-state index contributed by atoms with van der Waals surface area (Å²) in [6.45, 7) is 7.39. The molecule has 0 spiro atoms. The van der Waals surface area contributed by atoms with Crippen LogP contribution in [0.25, 0.3) is 0 Å². The van der Waals surface area contributed by atoms with Gasteiger partial charge >= 0.3 is 5.97 Å². The van der Waals surface area contributed by atoms with Crippen molar-refractivity contribution in [2.24, 2.45) is 23.3 Å². The zero-order valence-electron chi connectivity index (χ0n) is 15.1. The van der Waals surface area contributed by atoms with Crippen molar-refractivity contribution in [1.29, 1.82) is 0 Å². The second-order valence-corrected chi connectivity index (χ2v) is 7.85. The Kier molecular flexibility index (Phi) is 13.3. The van der Waals surface area contributed by atoms with Crippen molar-refractivity contribution in [3.05, 3.63) is 0 Å². The van der Waals surface area contributed by atoms with Gasteiger partial charge in [0.05, 0.1) is 6.04 Å². The van der Waals surface area contributed by atoms with Crippen molar-refractivity contribution < 1.29 is 23.7 Å². The minimum absolute atomic E-state index is 0.0939. The van der Waals surface area contributed by atoms with Crippen LogP contribution in [0.1, 0.15) is 40.5 Å². The monoisotopic (exact) mass is 365 g/mol. The summed E-state index contributed by atoms with van der Waals surface area (Å²) in [6.07, 6.45) is 2.34. The lowest BCUT2D eigenvalue weighted by atomic mass is 10.0. The largest absolute Gasteiger partial charge is 0.480 e. The molecule has 3 atom stereocenters. The van der Waals surface area contributed by atoms with E-state index in [9.17, 15) is 18.6 Å². The summed E-state index contributed by atoms with van der Waals surface area (Å²) in [4.78, 5) is 32.4. The van der Waals surface area contributed by atoms with Crippen LogP contribution in [-0.2, 0) is 25.2 Å². The van der Waals surface area contributed by atoms with Gasteiger partial charge in [0.15, 0.2) is 0 Å². The van der Waals surface area contributed by atoms with Gasteiger partial charge in [0.25, 0.3) is 0 Å². The smallest absolute Gasteiger partial charge is 0.326 e. The topological polar surface area (TPSA) is 153 Å². The van der Waals surface area contributed by atoms with Crippen LogP contribution < -0.4 is 16.8 Å². The predicted molar refractivity (Wildman–Crippen MR) is 94.6 cm³/mol. The van der Waals surface area contributed by atoms with E-state index in [2.05, 4.69) is 5.32 Å². The predicted octanol–water partition coefficient (Wildman–Crippen LogP) is -0.174. The first-order chi connectivity index (χ1) is 10.9. The highest BCUT2D eigenvalue weighted by Gasteiger charge is 2.23. The molecule has 0 radical (unpaired) electrons. The van der Waals surface area contributed by atoms with Gasteiger partial charge in [0.1, 0.15) is 6.04 Å². The molecule has 6 N–H and O–H groups in total. The molecule has 8 nitrogen and oxygen atoms in total. The van der Waals surface area contributed by atoms with E-state index in [1.165, 1.54) is 0 Å². The van der Waals surface area contributed by atoms with Crippen molar-refractivity contribution in [2.75, 3.05) is 12.0 Å². The normalized spacial score (nSPS) is 14.3. The minimum Gasteiger partial charge on any atom is -0.480 e. The molecule has 0 saturated heterocycles. The van der Waals surface area contributed by atoms with Gasteiger partial charge < -0.3 is 21.9 Å². The number of hydrogen-bond acceptors (Lipinski definition) is 5. The Bertz CT molecular complexity index is 441. The average Bonchev–Trinajstić information content (AvgIpc) is 2.41. The number of nitrogens with one attached hydrogen (secondary N) is 1. The zero-order chi connectivity index (χ0) is 19.4. The number of carboxylic acids is 1. The molecule has 0 aromatic carbocycles. The fourth-order valence-electron chi connectivity index (χ4n) is 1.55. The quantitative estimate of drug-likeness (QED) is 0.445. The molecule has 0 aliphatic carbocycles. The van der Waals surface area contributed by atoms with Crippen LogP contribution in [0.4, 0.5) is 0 Å². The number of carbonyl (C=O) groups excluding carboxylic acids is 2. The third-order valence-corrected chi connectivity index (χ3v) is 3.74. The van der Waals surface area contributed by atoms with Crippen LogP contribution in [-0.4, -0.2) is 51.2 Å². The second kappa shape index (κ2) is 12.9. The SMILES string of the molecule is CC(C)CC(=O)N[C@H](C(=O)O)C(C)C.CS(=O)CC[C@H](N)C(N)=O. The lowest BCUT2D eigenvalue weighted by Crippen LogP contribution is -2.44. The summed E-state index contributed by atoms with van der Waals surface area (Å²) >= 11 is 0. The van der Waals surface area contributed by atoms with Crippen molar-refractivity contribution in [3.63, 3.8) is 0 Å². The number of nitrogens with two attached hydrogens (primary N) is 2. The van der Waals surface area contributed by atoms with E-state index < -0.39 is 34.8 Å². The first-order valence-electron chi connectivity index (χ1n) is 7.75. The van der Waals surface area contributed by atoms with Crippen molar-refractivity contribution in [3.8, 4) is 0 Å². The highest BCUT2D eigenvalue weighted by Crippen LogP contribution is 2.04. The van der Waals surface area contributed by atoms with Gasteiger partial charge in [-0.1, -0.05) is 27.7 Å². The molecule has 0 fully saturated rings. The summed E-state index contributed by atoms with van der Waals surface area (Å²) in [7, 11) is -0.890. The van der Waals surface area contributed by atoms with Gasteiger partial charge in [0.2, 0.25) is 11.8 Å². The van der Waals surface area contributed by atoms with Crippen LogP contribution in [0.5, 0.6) is 0 Å². The lowest BCUT2D eigenvalue weighted by Gasteiger charge is -2.18. The lowest BCUT2D eigenvalue weighted by molar-refractivity contribution is -0.143. The summed E-state index contributed by atoms with van der Waals surface area (Å²) in [5.74, 6) is -1.12. The molecule has 0 aromatic rings. The molecule has 0 heterocycles. The molecule has 1 unspecified atom stereocenters. The molecule has 24 heavy (non-hydrogen) atoms. The van der Waals surface area contributed by atoms with E-state index in [-0.39, 0.29) is 17.7 Å². The number of aliphatic carboxylic acids is 1. The van der Waals surface area contributed by atoms with Crippen LogP contribution in [0.2, 0.25) is 0 Å². The van der Waals surface area contributed by atoms with Gasteiger partial charge in [-0.25, -0.2) is 4.79 Å². The van der Waals surface area contributed by atoms with E-state index in [0.717, 1.165) is 0 Å². The van der Waals surface area contributed by atoms with Gasteiger partial charge in [-0.3, -0.25) is 13.8 Å². The molecule has 0 aliphatic rings. The van der Waals surface area contributed by atoms with Crippen molar-refractivity contribution in [1.82, 2.24) is 5.32 Å². The van der Waals surface area contributed by atoms with Gasteiger partial charge in [0, 0.05) is 29.2 Å². The Morgan fingerprint density at radius 1 is 1.17 bits per heavy atom. The molecule has 0 aliphatic heterocycles. The molecular formula is C15H31N3O5S. The maximum absolute atomic E-state index is 11.3. The Morgan fingerprint density at radius 2 is 1.67 bits per heavy atom. The summed E-state index contributed by atoms with van der Waals surface area (Å²) in [6, 6.07) is -1.43. The van der Waals surface area contributed by atoms with Gasteiger partial charge in [-0.2, -0.15) is 0 Å². The molecule has 9 heteroatoms. The third kappa shape index (κ3) is 14.1. The van der Waals surface area contributed by atoms with Crippen LogP contribution in [0.3, 0.4) is 0 Å².